The summed E-state index contributed by atoms with van der Waals surface area (Å²) in [6.45, 7) is 3.36. The van der Waals surface area contributed by atoms with E-state index in [0.717, 1.165) is 0 Å². The highest BCUT2D eigenvalue weighted by molar-refractivity contribution is 7.92. The van der Waals surface area contributed by atoms with E-state index in [0.29, 0.717) is 17.1 Å². The zero-order valence-corrected chi connectivity index (χ0v) is 12.2. The van der Waals surface area contributed by atoms with Gasteiger partial charge in [-0.2, -0.15) is 5.10 Å². The van der Waals surface area contributed by atoms with Crippen LogP contribution in [0.5, 0.6) is 0 Å². The van der Waals surface area contributed by atoms with Crippen LogP contribution in [-0.2, 0) is 17.1 Å². The van der Waals surface area contributed by atoms with E-state index in [4.69, 9.17) is 11.6 Å². The van der Waals surface area contributed by atoms with Crippen molar-refractivity contribution in [3.8, 4) is 0 Å². The normalized spacial score (nSPS) is 11.6. The van der Waals surface area contributed by atoms with Crippen LogP contribution in [0.4, 0.5) is 5.69 Å². The van der Waals surface area contributed by atoms with Gasteiger partial charge in [0.2, 0.25) is 0 Å². The zero-order valence-electron chi connectivity index (χ0n) is 10.7. The van der Waals surface area contributed by atoms with Gasteiger partial charge in [0, 0.05) is 13.2 Å². The van der Waals surface area contributed by atoms with Gasteiger partial charge in [-0.3, -0.25) is 9.40 Å². The second-order valence-electron chi connectivity index (χ2n) is 4.10. The van der Waals surface area contributed by atoms with Crippen molar-refractivity contribution in [2.45, 2.75) is 18.7 Å². The number of rotatable bonds is 3. The molecular formula is C11H13ClN4O2S. The van der Waals surface area contributed by atoms with Crippen molar-refractivity contribution in [1.29, 1.82) is 0 Å². The third-order valence-corrected chi connectivity index (χ3v) is 4.53. The molecule has 19 heavy (non-hydrogen) atoms. The van der Waals surface area contributed by atoms with Crippen LogP contribution in [0.2, 0.25) is 5.15 Å². The van der Waals surface area contributed by atoms with Gasteiger partial charge in [-0.25, -0.2) is 13.4 Å². The summed E-state index contributed by atoms with van der Waals surface area (Å²) in [6.07, 6.45) is 1.43. The molecule has 0 radical (unpaired) electrons. The molecule has 0 aliphatic rings. The standard InChI is InChI=1S/C11H13ClN4O2S/c1-7-11(8(2)16(3)14-7)19(17,18)15-9-4-5-13-10(12)6-9/h4-6H,1-3H3,(H,13,15). The fourth-order valence-electron chi connectivity index (χ4n) is 1.82. The first-order valence-corrected chi connectivity index (χ1v) is 7.32. The molecule has 0 spiro atoms. The van der Waals surface area contributed by atoms with Gasteiger partial charge in [0.05, 0.1) is 17.1 Å². The highest BCUT2D eigenvalue weighted by Crippen LogP contribution is 2.22. The van der Waals surface area contributed by atoms with E-state index in [1.165, 1.54) is 23.0 Å². The fourth-order valence-corrected chi connectivity index (χ4v) is 3.48. The maximum absolute atomic E-state index is 12.3. The van der Waals surface area contributed by atoms with Crippen LogP contribution in [0.3, 0.4) is 0 Å². The van der Waals surface area contributed by atoms with Gasteiger partial charge in [0.1, 0.15) is 10.0 Å². The molecule has 0 saturated carbocycles. The number of sulfonamides is 1. The Labute approximate surface area is 116 Å². The summed E-state index contributed by atoms with van der Waals surface area (Å²) in [5.74, 6) is 0. The third-order valence-electron chi connectivity index (χ3n) is 2.69. The Morgan fingerprint density at radius 3 is 2.58 bits per heavy atom. The Balaban J connectivity index is 2.44. The molecule has 2 heterocycles. The van der Waals surface area contributed by atoms with Crippen LogP contribution in [0.1, 0.15) is 11.4 Å². The summed E-state index contributed by atoms with van der Waals surface area (Å²) < 4.78 is 28.7. The molecule has 0 amide bonds. The Bertz CT molecular complexity index is 724. The average Bonchev–Trinajstić information content (AvgIpc) is 2.52. The van der Waals surface area contributed by atoms with Crippen molar-refractivity contribution in [3.63, 3.8) is 0 Å². The van der Waals surface area contributed by atoms with Crippen molar-refractivity contribution in [2.24, 2.45) is 7.05 Å². The lowest BCUT2D eigenvalue weighted by molar-refractivity contribution is 0.599. The topological polar surface area (TPSA) is 76.9 Å². The summed E-state index contributed by atoms with van der Waals surface area (Å²) >= 11 is 5.72. The molecule has 0 fully saturated rings. The predicted octanol–water partition coefficient (Wildman–Crippen LogP) is 1.89. The largest absolute Gasteiger partial charge is 0.279 e. The Morgan fingerprint density at radius 2 is 2.05 bits per heavy atom. The van der Waals surface area contributed by atoms with Crippen molar-refractivity contribution in [1.82, 2.24) is 14.8 Å². The fraction of sp³-hybridized carbons (Fsp3) is 0.273. The van der Waals surface area contributed by atoms with Crippen LogP contribution in [0.15, 0.2) is 23.2 Å². The van der Waals surface area contributed by atoms with E-state index < -0.39 is 10.0 Å². The minimum atomic E-state index is -3.69. The molecule has 2 rings (SSSR count). The van der Waals surface area contributed by atoms with Gasteiger partial charge < -0.3 is 0 Å². The maximum atomic E-state index is 12.3. The van der Waals surface area contributed by atoms with Crippen LogP contribution in [-0.4, -0.2) is 23.2 Å². The number of hydrogen-bond acceptors (Lipinski definition) is 4. The van der Waals surface area contributed by atoms with Gasteiger partial charge in [-0.05, 0) is 26.0 Å². The molecule has 0 aromatic carbocycles. The lowest BCUT2D eigenvalue weighted by Crippen LogP contribution is -2.15. The second kappa shape index (κ2) is 4.82. The summed E-state index contributed by atoms with van der Waals surface area (Å²) in [7, 11) is -1.99. The molecule has 0 bridgehead atoms. The molecule has 1 N–H and O–H groups in total. The third kappa shape index (κ3) is 2.71. The molecule has 8 heteroatoms. The molecule has 2 aromatic heterocycles. The zero-order chi connectivity index (χ0) is 14.2. The first-order valence-electron chi connectivity index (χ1n) is 5.46. The molecule has 0 aliphatic heterocycles. The van der Waals surface area contributed by atoms with Crippen LogP contribution in [0, 0.1) is 13.8 Å². The molecular weight excluding hydrogens is 288 g/mol. The monoisotopic (exact) mass is 300 g/mol. The minimum Gasteiger partial charge on any atom is -0.279 e. The van der Waals surface area contributed by atoms with Crippen LogP contribution < -0.4 is 4.72 Å². The number of anilines is 1. The minimum absolute atomic E-state index is 0.183. The number of aryl methyl sites for hydroxylation is 2. The SMILES string of the molecule is Cc1nn(C)c(C)c1S(=O)(=O)Nc1ccnc(Cl)c1. The predicted molar refractivity (Wildman–Crippen MR) is 72.7 cm³/mol. The van der Waals surface area contributed by atoms with Crippen LogP contribution >= 0.6 is 11.6 Å². The summed E-state index contributed by atoms with van der Waals surface area (Å²) in [4.78, 5) is 3.98. The van der Waals surface area contributed by atoms with E-state index in [-0.39, 0.29) is 10.0 Å². The van der Waals surface area contributed by atoms with Gasteiger partial charge in [-0.1, -0.05) is 11.6 Å². The molecule has 0 atom stereocenters. The van der Waals surface area contributed by atoms with E-state index >= 15 is 0 Å². The molecule has 0 aliphatic carbocycles. The van der Waals surface area contributed by atoms with E-state index in [1.54, 1.807) is 20.9 Å². The van der Waals surface area contributed by atoms with E-state index in [1.807, 2.05) is 0 Å². The number of halogens is 1. The average molecular weight is 301 g/mol. The molecule has 102 valence electrons. The number of aromatic nitrogens is 3. The quantitative estimate of drug-likeness (QED) is 0.878. The van der Waals surface area contributed by atoms with Crippen molar-refractivity contribution in [2.75, 3.05) is 4.72 Å². The van der Waals surface area contributed by atoms with E-state index in [9.17, 15) is 8.42 Å². The van der Waals surface area contributed by atoms with Gasteiger partial charge in [-0.15, -0.1) is 0 Å². The second-order valence-corrected chi connectivity index (χ2v) is 6.10. The van der Waals surface area contributed by atoms with Crippen molar-refractivity contribution < 1.29 is 8.42 Å². The van der Waals surface area contributed by atoms with Gasteiger partial charge in [0.25, 0.3) is 10.0 Å². The lowest BCUT2D eigenvalue weighted by atomic mass is 10.4. The lowest BCUT2D eigenvalue weighted by Gasteiger charge is -2.08. The van der Waals surface area contributed by atoms with Crippen molar-refractivity contribution in [3.05, 3.63) is 34.9 Å². The first kappa shape index (κ1) is 13.8. The van der Waals surface area contributed by atoms with Crippen molar-refractivity contribution >= 4 is 27.3 Å². The number of pyridine rings is 1. The van der Waals surface area contributed by atoms with E-state index in [2.05, 4.69) is 14.8 Å². The van der Waals surface area contributed by atoms with Gasteiger partial charge >= 0.3 is 0 Å². The highest BCUT2D eigenvalue weighted by Gasteiger charge is 2.23. The number of nitrogens with one attached hydrogen (secondary N) is 1. The van der Waals surface area contributed by atoms with Crippen LogP contribution in [0.25, 0.3) is 0 Å². The Morgan fingerprint density at radius 1 is 1.37 bits per heavy atom. The number of nitrogens with zero attached hydrogens (tertiary/aromatic N) is 3. The molecule has 2 aromatic rings. The highest BCUT2D eigenvalue weighted by atomic mass is 35.5. The molecule has 0 unspecified atom stereocenters. The molecule has 6 nitrogen and oxygen atoms in total. The summed E-state index contributed by atoms with van der Waals surface area (Å²) in [6, 6.07) is 2.98. The smallest absolute Gasteiger partial charge is 0.265 e. The maximum Gasteiger partial charge on any atom is 0.265 e. The Kier molecular flexibility index (Phi) is 3.51. The molecule has 0 saturated heterocycles. The number of hydrogen-bond donors (Lipinski definition) is 1. The summed E-state index contributed by atoms with van der Waals surface area (Å²) in [5, 5.41) is 4.32. The first-order chi connectivity index (χ1) is 8.81. The summed E-state index contributed by atoms with van der Waals surface area (Å²) in [5.41, 5.74) is 1.39. The van der Waals surface area contributed by atoms with Gasteiger partial charge in [0.15, 0.2) is 0 Å². The Hall–Kier alpha value is -1.60.